The summed E-state index contributed by atoms with van der Waals surface area (Å²) in [4.78, 5) is 23.5. The highest BCUT2D eigenvalue weighted by Gasteiger charge is 2.35. The average Bonchev–Trinajstić information content (AvgIpc) is 3.16. The molecular formula is C19H13F3N4O3S2. The highest BCUT2D eigenvalue weighted by molar-refractivity contribution is 7.90. The molecule has 0 N–H and O–H groups in total. The maximum Gasteiger partial charge on any atom is 0.433 e. The van der Waals surface area contributed by atoms with Gasteiger partial charge in [0.1, 0.15) is 5.69 Å². The molecule has 12 heteroatoms. The van der Waals surface area contributed by atoms with Crippen LogP contribution in [0.4, 0.5) is 13.2 Å². The van der Waals surface area contributed by atoms with Crippen molar-refractivity contribution in [1.82, 2.24) is 19.5 Å². The number of hydrogen-bond acceptors (Lipinski definition) is 7. The number of benzene rings is 1. The molecule has 0 amide bonds. The molecule has 0 aliphatic heterocycles. The Balaban J connectivity index is 1.79. The van der Waals surface area contributed by atoms with E-state index in [4.69, 9.17) is 0 Å². The first-order valence-corrected chi connectivity index (χ1v) is 11.5. The van der Waals surface area contributed by atoms with Crippen molar-refractivity contribution in [2.75, 3.05) is 6.26 Å². The van der Waals surface area contributed by atoms with E-state index in [1.54, 1.807) is 5.51 Å². The molecule has 0 bridgehead atoms. The van der Waals surface area contributed by atoms with Gasteiger partial charge < -0.3 is 4.57 Å². The number of rotatable bonds is 4. The maximum absolute atomic E-state index is 13.2. The summed E-state index contributed by atoms with van der Waals surface area (Å²) in [7, 11) is -4.09. The van der Waals surface area contributed by atoms with Crippen LogP contribution in [0.1, 0.15) is 11.3 Å². The van der Waals surface area contributed by atoms with Crippen LogP contribution in [-0.2, 0) is 22.6 Å². The smallest absolute Gasteiger partial charge is 0.310 e. The molecule has 3 aromatic heterocycles. The summed E-state index contributed by atoms with van der Waals surface area (Å²) in [6.07, 6.45) is -2.81. The van der Waals surface area contributed by atoms with Crippen LogP contribution in [0.15, 0.2) is 58.1 Å². The van der Waals surface area contributed by atoms with E-state index >= 15 is 0 Å². The van der Waals surface area contributed by atoms with Gasteiger partial charge in [0.05, 0.1) is 28.0 Å². The number of alkyl halides is 3. The molecule has 3 heterocycles. The molecule has 0 aliphatic carbocycles. The minimum Gasteiger partial charge on any atom is -0.310 e. The van der Waals surface area contributed by atoms with E-state index in [-0.39, 0.29) is 23.4 Å². The topological polar surface area (TPSA) is 94.8 Å². The van der Waals surface area contributed by atoms with E-state index in [9.17, 15) is 26.4 Å². The lowest BCUT2D eigenvalue weighted by Crippen LogP contribution is -2.19. The van der Waals surface area contributed by atoms with Crippen molar-refractivity contribution < 1.29 is 21.6 Å². The van der Waals surface area contributed by atoms with Crippen molar-refractivity contribution in [3.63, 3.8) is 0 Å². The molecule has 0 radical (unpaired) electrons. The molecule has 0 aliphatic rings. The number of sulfone groups is 1. The SMILES string of the molecule is CS(=O)(=O)c1nc(-c2ccc(=O)n(Cc3ccc4scnc4c3)c2)cc(C(F)(F)F)n1. The lowest BCUT2D eigenvalue weighted by atomic mass is 10.1. The van der Waals surface area contributed by atoms with Crippen molar-refractivity contribution in [1.29, 1.82) is 0 Å². The molecule has 160 valence electrons. The number of thiazole rings is 1. The Morgan fingerprint density at radius 1 is 1.10 bits per heavy atom. The van der Waals surface area contributed by atoms with E-state index in [1.807, 2.05) is 18.2 Å². The average molecular weight is 466 g/mol. The molecule has 0 fully saturated rings. The van der Waals surface area contributed by atoms with E-state index < -0.39 is 26.9 Å². The van der Waals surface area contributed by atoms with Gasteiger partial charge in [-0.2, -0.15) is 13.2 Å². The normalized spacial score (nSPS) is 12.4. The second-order valence-corrected chi connectivity index (χ2v) is 9.53. The number of nitrogens with zero attached hydrogens (tertiary/aromatic N) is 4. The minimum atomic E-state index is -4.87. The van der Waals surface area contributed by atoms with E-state index in [0.717, 1.165) is 22.0 Å². The fourth-order valence-corrected chi connectivity index (χ4v) is 4.08. The highest BCUT2D eigenvalue weighted by atomic mass is 32.2. The Kier molecular flexibility index (Phi) is 5.13. The predicted molar refractivity (Wildman–Crippen MR) is 109 cm³/mol. The van der Waals surface area contributed by atoms with E-state index in [0.29, 0.717) is 6.07 Å². The van der Waals surface area contributed by atoms with E-state index in [2.05, 4.69) is 15.0 Å². The van der Waals surface area contributed by atoms with Crippen molar-refractivity contribution in [2.45, 2.75) is 17.9 Å². The van der Waals surface area contributed by atoms with Crippen LogP contribution in [0.2, 0.25) is 0 Å². The summed E-state index contributed by atoms with van der Waals surface area (Å²) in [5.41, 5.74) is 1.37. The van der Waals surface area contributed by atoms with Crippen LogP contribution in [0, 0.1) is 0 Å². The van der Waals surface area contributed by atoms with Gasteiger partial charge in [0, 0.05) is 24.1 Å². The molecular weight excluding hydrogens is 453 g/mol. The second-order valence-electron chi connectivity index (χ2n) is 6.73. The molecule has 4 aromatic rings. The zero-order valence-corrected chi connectivity index (χ0v) is 17.4. The Hall–Kier alpha value is -3.12. The van der Waals surface area contributed by atoms with Crippen LogP contribution in [0.25, 0.3) is 21.5 Å². The lowest BCUT2D eigenvalue weighted by Gasteiger charge is -2.12. The quantitative estimate of drug-likeness (QED) is 0.428. The molecule has 1 aromatic carbocycles. The number of fused-ring (bicyclic) bond motifs is 1. The lowest BCUT2D eigenvalue weighted by molar-refractivity contribution is -0.141. The van der Waals surface area contributed by atoms with E-state index in [1.165, 1.54) is 34.2 Å². The third-order valence-corrected chi connectivity index (χ3v) is 6.01. The van der Waals surface area contributed by atoms with Crippen LogP contribution in [-0.4, -0.2) is 34.2 Å². The van der Waals surface area contributed by atoms with Crippen molar-refractivity contribution in [2.24, 2.45) is 0 Å². The first-order chi connectivity index (χ1) is 14.5. The zero-order valence-electron chi connectivity index (χ0n) is 15.8. The molecule has 0 saturated heterocycles. The summed E-state index contributed by atoms with van der Waals surface area (Å²) in [5, 5.41) is -0.941. The number of aromatic nitrogens is 4. The van der Waals surface area contributed by atoms with Crippen molar-refractivity contribution in [3.8, 4) is 11.3 Å². The molecule has 31 heavy (non-hydrogen) atoms. The van der Waals surface area contributed by atoms with Gasteiger partial charge in [-0.15, -0.1) is 11.3 Å². The molecule has 0 atom stereocenters. The van der Waals surface area contributed by atoms with Crippen LogP contribution in [0.5, 0.6) is 0 Å². The minimum absolute atomic E-state index is 0.145. The standard InChI is InChI=1S/C19H13F3N4O3S2/c1-31(28,29)18-24-13(7-16(25-18)19(20,21)22)12-3-5-17(27)26(9-12)8-11-2-4-15-14(6-11)23-10-30-15/h2-7,9-10H,8H2,1H3. The molecule has 7 nitrogen and oxygen atoms in total. The summed E-state index contributed by atoms with van der Waals surface area (Å²) >= 11 is 1.48. The summed E-state index contributed by atoms with van der Waals surface area (Å²) in [6, 6.07) is 8.64. The van der Waals surface area contributed by atoms with Crippen LogP contribution < -0.4 is 5.56 Å². The number of hydrogen-bond donors (Lipinski definition) is 0. The van der Waals surface area contributed by atoms with Gasteiger partial charge in [0.15, 0.2) is 0 Å². The van der Waals surface area contributed by atoms with Gasteiger partial charge in [-0.1, -0.05) is 6.07 Å². The summed E-state index contributed by atoms with van der Waals surface area (Å²) in [5.74, 6) is 0. The Morgan fingerprint density at radius 3 is 2.58 bits per heavy atom. The van der Waals surface area contributed by atoms with Gasteiger partial charge in [-0.25, -0.2) is 23.4 Å². The van der Waals surface area contributed by atoms with Crippen molar-refractivity contribution in [3.05, 3.63) is 69.7 Å². The van der Waals surface area contributed by atoms with Crippen LogP contribution >= 0.6 is 11.3 Å². The fourth-order valence-electron chi connectivity index (χ4n) is 2.89. The Morgan fingerprint density at radius 2 is 1.87 bits per heavy atom. The van der Waals surface area contributed by atoms with Gasteiger partial charge in [-0.3, -0.25) is 4.79 Å². The number of halogens is 3. The molecule has 0 saturated carbocycles. The maximum atomic E-state index is 13.2. The third-order valence-electron chi connectivity index (χ3n) is 4.35. The van der Waals surface area contributed by atoms with Gasteiger partial charge >= 0.3 is 6.18 Å². The first kappa shape index (κ1) is 21.1. The van der Waals surface area contributed by atoms with Gasteiger partial charge in [0.25, 0.3) is 5.56 Å². The monoisotopic (exact) mass is 466 g/mol. The Labute approximate surface area is 177 Å². The third kappa shape index (κ3) is 4.49. The van der Waals surface area contributed by atoms with Gasteiger partial charge in [0.2, 0.25) is 15.0 Å². The summed E-state index contributed by atoms with van der Waals surface area (Å²) in [6.45, 7) is 0.149. The first-order valence-electron chi connectivity index (χ1n) is 8.70. The van der Waals surface area contributed by atoms with Gasteiger partial charge in [-0.05, 0) is 29.8 Å². The summed E-state index contributed by atoms with van der Waals surface area (Å²) < 4.78 is 65.6. The Bertz CT molecular complexity index is 1460. The van der Waals surface area contributed by atoms with Crippen LogP contribution in [0.3, 0.4) is 0 Å². The fraction of sp³-hybridized carbons (Fsp3) is 0.158. The second kappa shape index (κ2) is 7.54. The predicted octanol–water partition coefficient (Wildman–Crippen LogP) is 3.39. The highest BCUT2D eigenvalue weighted by Crippen LogP contribution is 2.31. The molecule has 0 unspecified atom stereocenters. The number of pyridine rings is 1. The molecule has 4 rings (SSSR count). The van der Waals surface area contributed by atoms with Crippen molar-refractivity contribution >= 4 is 31.4 Å². The molecule has 0 spiro atoms. The largest absolute Gasteiger partial charge is 0.433 e. The zero-order chi connectivity index (χ0) is 22.4.